The molecule has 54 valence electrons. The van der Waals surface area contributed by atoms with Crippen molar-refractivity contribution in [1.29, 1.82) is 0 Å². The minimum absolute atomic E-state index is 0.158. The molecular weight excluding hydrogens is 136 g/mol. The number of hydrogen-bond acceptors (Lipinski definition) is 1. The van der Waals surface area contributed by atoms with Gasteiger partial charge in [0.15, 0.2) is 0 Å². The molecule has 0 saturated heterocycles. The first-order valence-corrected chi connectivity index (χ1v) is 3.81. The van der Waals surface area contributed by atoms with E-state index in [1.807, 2.05) is 0 Å². The summed E-state index contributed by atoms with van der Waals surface area (Å²) in [5, 5.41) is 0. The number of rotatable bonds is 4. The molecule has 0 N–H and O–H groups in total. The zero-order valence-electron chi connectivity index (χ0n) is 5.98. The molecule has 0 fully saturated rings. The van der Waals surface area contributed by atoms with Crippen molar-refractivity contribution in [2.24, 2.45) is 5.92 Å². The highest BCUT2D eigenvalue weighted by atomic mass is 35.5. The number of hydrogen-bond donors (Lipinski definition) is 0. The molecule has 9 heavy (non-hydrogen) atoms. The standard InChI is InChI=1S/C7H13ClO/c1-3-6(2)4-7(9)5-8/h6H,3-5H2,1-2H3. The largest absolute Gasteiger partial charge is 0.298 e. The normalized spacial score (nSPS) is 13.2. The first kappa shape index (κ1) is 8.96. The Labute approximate surface area is 61.4 Å². The summed E-state index contributed by atoms with van der Waals surface area (Å²) in [6.45, 7) is 4.14. The van der Waals surface area contributed by atoms with Crippen LogP contribution in [-0.2, 0) is 4.79 Å². The summed E-state index contributed by atoms with van der Waals surface area (Å²) >= 11 is 5.30. The van der Waals surface area contributed by atoms with Crippen molar-refractivity contribution in [3.05, 3.63) is 0 Å². The summed E-state index contributed by atoms with van der Waals surface area (Å²) in [6, 6.07) is 0. The molecule has 0 aromatic carbocycles. The third kappa shape index (κ3) is 4.46. The maximum absolute atomic E-state index is 10.6. The van der Waals surface area contributed by atoms with Gasteiger partial charge in [-0.1, -0.05) is 20.3 Å². The van der Waals surface area contributed by atoms with E-state index in [1.165, 1.54) is 0 Å². The molecule has 0 heterocycles. The summed E-state index contributed by atoms with van der Waals surface area (Å²) in [5.74, 6) is 0.826. The number of alkyl halides is 1. The summed E-state index contributed by atoms with van der Waals surface area (Å²) in [5.41, 5.74) is 0. The molecule has 0 radical (unpaired) electrons. The average Bonchev–Trinajstić information content (AvgIpc) is 1.87. The van der Waals surface area contributed by atoms with Crippen LogP contribution in [0.4, 0.5) is 0 Å². The van der Waals surface area contributed by atoms with Gasteiger partial charge in [-0.25, -0.2) is 0 Å². The highest BCUT2D eigenvalue weighted by Gasteiger charge is 2.04. The SMILES string of the molecule is CCC(C)CC(=O)CCl. The Balaban J connectivity index is 3.34. The van der Waals surface area contributed by atoms with Gasteiger partial charge >= 0.3 is 0 Å². The second-order valence-electron chi connectivity index (χ2n) is 2.39. The van der Waals surface area contributed by atoms with Crippen LogP contribution in [0.3, 0.4) is 0 Å². The van der Waals surface area contributed by atoms with Gasteiger partial charge in [0, 0.05) is 6.42 Å². The van der Waals surface area contributed by atoms with Crippen LogP contribution in [-0.4, -0.2) is 11.7 Å². The van der Waals surface area contributed by atoms with Crippen LogP contribution >= 0.6 is 11.6 Å². The lowest BCUT2D eigenvalue weighted by atomic mass is 10.0. The van der Waals surface area contributed by atoms with Crippen LogP contribution in [0, 0.1) is 5.92 Å². The molecule has 0 aromatic rings. The topological polar surface area (TPSA) is 17.1 Å². The molecular formula is C7H13ClO. The molecule has 0 saturated carbocycles. The minimum Gasteiger partial charge on any atom is -0.298 e. The van der Waals surface area contributed by atoms with Gasteiger partial charge in [0.25, 0.3) is 0 Å². The minimum atomic E-state index is 0.158. The molecule has 1 unspecified atom stereocenters. The van der Waals surface area contributed by atoms with Gasteiger partial charge in [-0.05, 0) is 5.92 Å². The van der Waals surface area contributed by atoms with Crippen molar-refractivity contribution in [2.45, 2.75) is 26.7 Å². The number of halogens is 1. The molecule has 0 spiro atoms. The Morgan fingerprint density at radius 2 is 2.22 bits per heavy atom. The van der Waals surface area contributed by atoms with Gasteiger partial charge in [0.2, 0.25) is 0 Å². The van der Waals surface area contributed by atoms with E-state index in [9.17, 15) is 4.79 Å². The first-order valence-electron chi connectivity index (χ1n) is 3.28. The molecule has 1 nitrogen and oxygen atoms in total. The van der Waals surface area contributed by atoms with Gasteiger partial charge in [-0.15, -0.1) is 11.6 Å². The van der Waals surface area contributed by atoms with Crippen LogP contribution in [0.2, 0.25) is 0 Å². The highest BCUT2D eigenvalue weighted by Crippen LogP contribution is 2.06. The summed E-state index contributed by atoms with van der Waals surface area (Å²) in [7, 11) is 0. The second-order valence-corrected chi connectivity index (χ2v) is 2.66. The van der Waals surface area contributed by atoms with Crippen molar-refractivity contribution in [3.8, 4) is 0 Å². The Kier molecular flexibility index (Phi) is 4.78. The van der Waals surface area contributed by atoms with Gasteiger partial charge in [-0.3, -0.25) is 4.79 Å². The smallest absolute Gasteiger partial charge is 0.147 e. The Bertz CT molecular complexity index is 90.9. The van der Waals surface area contributed by atoms with E-state index in [0.717, 1.165) is 6.42 Å². The molecule has 1 atom stereocenters. The number of carbonyl (C=O) groups excluding carboxylic acids is 1. The molecule has 0 aliphatic carbocycles. The molecule has 0 bridgehead atoms. The van der Waals surface area contributed by atoms with Crippen molar-refractivity contribution >= 4 is 17.4 Å². The van der Waals surface area contributed by atoms with Crippen molar-refractivity contribution in [3.63, 3.8) is 0 Å². The van der Waals surface area contributed by atoms with Crippen LogP contribution in [0.25, 0.3) is 0 Å². The van der Waals surface area contributed by atoms with E-state index in [4.69, 9.17) is 11.6 Å². The first-order chi connectivity index (χ1) is 4.20. The van der Waals surface area contributed by atoms with Crippen molar-refractivity contribution in [2.75, 3.05) is 5.88 Å². The number of Topliss-reactive ketones (excluding diaryl/α,β-unsaturated/α-hetero) is 1. The van der Waals surface area contributed by atoms with Crippen LogP contribution < -0.4 is 0 Å². The Morgan fingerprint density at radius 1 is 1.67 bits per heavy atom. The molecule has 2 heteroatoms. The summed E-state index contributed by atoms with van der Waals surface area (Å²) < 4.78 is 0. The van der Waals surface area contributed by atoms with Gasteiger partial charge in [0.05, 0.1) is 5.88 Å². The quantitative estimate of drug-likeness (QED) is 0.559. The van der Waals surface area contributed by atoms with E-state index in [0.29, 0.717) is 12.3 Å². The fraction of sp³-hybridized carbons (Fsp3) is 0.857. The molecule has 0 aromatic heterocycles. The maximum atomic E-state index is 10.6. The maximum Gasteiger partial charge on any atom is 0.147 e. The monoisotopic (exact) mass is 148 g/mol. The fourth-order valence-electron chi connectivity index (χ4n) is 0.588. The zero-order valence-corrected chi connectivity index (χ0v) is 6.74. The Morgan fingerprint density at radius 3 is 2.56 bits per heavy atom. The molecule has 0 aliphatic rings. The molecule has 0 amide bonds. The van der Waals surface area contributed by atoms with Gasteiger partial charge in [0.1, 0.15) is 5.78 Å². The zero-order chi connectivity index (χ0) is 7.28. The van der Waals surface area contributed by atoms with Gasteiger partial charge < -0.3 is 0 Å². The summed E-state index contributed by atoms with van der Waals surface area (Å²) in [4.78, 5) is 10.6. The lowest BCUT2D eigenvalue weighted by Crippen LogP contribution is -2.05. The number of carbonyl (C=O) groups is 1. The van der Waals surface area contributed by atoms with E-state index in [-0.39, 0.29) is 11.7 Å². The van der Waals surface area contributed by atoms with Gasteiger partial charge in [-0.2, -0.15) is 0 Å². The molecule has 0 aliphatic heterocycles. The predicted molar refractivity (Wildman–Crippen MR) is 39.8 cm³/mol. The average molecular weight is 149 g/mol. The van der Waals surface area contributed by atoms with E-state index >= 15 is 0 Å². The van der Waals surface area contributed by atoms with Crippen LogP contribution in [0.5, 0.6) is 0 Å². The van der Waals surface area contributed by atoms with E-state index in [2.05, 4.69) is 13.8 Å². The Hall–Kier alpha value is -0.0400. The fourth-order valence-corrected chi connectivity index (χ4v) is 0.697. The van der Waals surface area contributed by atoms with E-state index < -0.39 is 0 Å². The highest BCUT2D eigenvalue weighted by molar-refractivity contribution is 6.27. The third-order valence-corrected chi connectivity index (χ3v) is 1.72. The number of ketones is 1. The van der Waals surface area contributed by atoms with E-state index in [1.54, 1.807) is 0 Å². The third-order valence-electron chi connectivity index (χ3n) is 1.42. The van der Waals surface area contributed by atoms with Crippen molar-refractivity contribution < 1.29 is 4.79 Å². The van der Waals surface area contributed by atoms with Crippen LogP contribution in [0.15, 0.2) is 0 Å². The second kappa shape index (κ2) is 4.80. The lowest BCUT2D eigenvalue weighted by Gasteiger charge is -2.03. The van der Waals surface area contributed by atoms with Crippen molar-refractivity contribution in [1.82, 2.24) is 0 Å². The predicted octanol–water partition coefficient (Wildman–Crippen LogP) is 2.23. The lowest BCUT2D eigenvalue weighted by molar-refractivity contribution is -0.117. The van der Waals surface area contributed by atoms with Crippen LogP contribution in [0.1, 0.15) is 26.7 Å². The molecule has 0 rings (SSSR count). The summed E-state index contributed by atoms with van der Waals surface area (Å²) in [6.07, 6.45) is 1.70.